The van der Waals surface area contributed by atoms with Gasteiger partial charge in [-0.3, -0.25) is 0 Å². The van der Waals surface area contributed by atoms with E-state index in [-0.39, 0.29) is 0 Å². The monoisotopic (exact) mass is 335 g/mol. The molecule has 4 rings (SSSR count). The van der Waals surface area contributed by atoms with E-state index in [0.717, 1.165) is 8.45 Å². The molecule has 1 heteroatoms. The quantitative estimate of drug-likeness (QED) is 0.573. The van der Waals surface area contributed by atoms with Gasteiger partial charge >= 0.3 is 146 Å². The van der Waals surface area contributed by atoms with Crippen LogP contribution in [0.5, 0.6) is 0 Å². The number of hydrogen-bond donors (Lipinski definition) is 0. The molecule has 2 aromatic rings. The van der Waals surface area contributed by atoms with Crippen molar-refractivity contribution in [2.24, 2.45) is 0 Å². The fourth-order valence-corrected chi connectivity index (χ4v) is 10.5. The summed E-state index contributed by atoms with van der Waals surface area (Å²) in [6.45, 7) is 7.14. The zero-order valence-electron chi connectivity index (χ0n) is 14.1. The first kappa shape index (κ1) is 15.2. The maximum atomic E-state index is 2.43. The van der Waals surface area contributed by atoms with Gasteiger partial charge in [-0.2, -0.15) is 0 Å². The van der Waals surface area contributed by atoms with Gasteiger partial charge in [-0.25, -0.2) is 0 Å². The summed E-state index contributed by atoms with van der Waals surface area (Å²) in [5.74, 6) is 0. The van der Waals surface area contributed by atoms with Gasteiger partial charge < -0.3 is 0 Å². The fourth-order valence-electron chi connectivity index (χ4n) is 4.52. The van der Waals surface area contributed by atoms with Crippen molar-refractivity contribution < 1.29 is 17.9 Å². The van der Waals surface area contributed by atoms with Crippen LogP contribution in [0.15, 0.2) is 59.7 Å². The molecule has 0 heterocycles. The van der Waals surface area contributed by atoms with E-state index in [9.17, 15) is 0 Å². The molecule has 2 aliphatic rings. The second-order valence-corrected chi connectivity index (χ2v) is 11.5. The van der Waals surface area contributed by atoms with Gasteiger partial charge in [0.2, 0.25) is 0 Å². The zero-order valence-corrected chi connectivity index (χ0v) is 15.7. The van der Waals surface area contributed by atoms with E-state index in [4.69, 9.17) is 0 Å². The number of hydrogen-bond acceptors (Lipinski definition) is 0. The molecule has 0 fully saturated rings. The number of rotatable bonds is 3. The van der Waals surface area contributed by atoms with Gasteiger partial charge in [0, 0.05) is 0 Å². The molecule has 0 N–H and O–H groups in total. The molecule has 2 aromatic carbocycles. The fraction of sp³-hybridized carbons (Fsp3) is 0.273. The topological polar surface area (TPSA) is 0 Å². The van der Waals surface area contributed by atoms with Crippen LogP contribution in [0.3, 0.4) is 0 Å². The Balaban J connectivity index is 1.79. The normalized spacial score (nSPS) is 21.5. The molecule has 0 radical (unpaired) electrons. The van der Waals surface area contributed by atoms with E-state index in [0.29, 0.717) is 0 Å². The summed E-state index contributed by atoms with van der Waals surface area (Å²) in [5.41, 5.74) is 9.31. The minimum atomic E-state index is -1.38. The molecule has 115 valence electrons. The third-order valence-corrected chi connectivity index (χ3v) is 11.4. The Hall–Kier alpha value is -1.37. The Bertz CT molecular complexity index is 745. The van der Waals surface area contributed by atoms with E-state index in [1.54, 1.807) is 22.3 Å². The van der Waals surface area contributed by atoms with Gasteiger partial charge in [0.25, 0.3) is 0 Å². The van der Waals surface area contributed by atoms with Crippen LogP contribution in [-0.4, -0.2) is 0 Å². The van der Waals surface area contributed by atoms with Crippen LogP contribution >= 0.6 is 0 Å². The SMILES string of the molecule is C[CH2][Ti]([CH]1C(C)=Cc2ccccc21)[CH]1C(C)=Cc2ccccc21. The van der Waals surface area contributed by atoms with E-state index in [1.807, 2.05) is 0 Å². The van der Waals surface area contributed by atoms with Crippen molar-refractivity contribution in [3.63, 3.8) is 0 Å². The molecule has 0 bridgehead atoms. The zero-order chi connectivity index (χ0) is 16.0. The van der Waals surface area contributed by atoms with Crippen molar-refractivity contribution in [1.82, 2.24) is 0 Å². The Morgan fingerprint density at radius 1 is 0.739 bits per heavy atom. The first-order valence-corrected chi connectivity index (χ1v) is 11.5. The number of fused-ring (bicyclic) bond motifs is 2. The third kappa shape index (κ3) is 2.40. The van der Waals surface area contributed by atoms with Crippen molar-refractivity contribution in [3.05, 3.63) is 81.9 Å². The molecular weight excluding hydrogens is 312 g/mol. The Morgan fingerprint density at radius 3 is 1.61 bits per heavy atom. The molecule has 2 atom stereocenters. The Morgan fingerprint density at radius 2 is 1.17 bits per heavy atom. The summed E-state index contributed by atoms with van der Waals surface area (Å²) < 4.78 is 2.81. The van der Waals surface area contributed by atoms with Crippen LogP contribution in [0, 0.1) is 0 Å². The average Bonchev–Trinajstić information content (AvgIpc) is 3.06. The van der Waals surface area contributed by atoms with E-state index >= 15 is 0 Å². The minimum absolute atomic E-state index is 0.718. The van der Waals surface area contributed by atoms with Crippen molar-refractivity contribution in [2.45, 2.75) is 33.9 Å². The molecule has 0 aliphatic heterocycles. The molecule has 23 heavy (non-hydrogen) atoms. The predicted octanol–water partition coefficient (Wildman–Crippen LogP) is 6.36. The molecule has 2 unspecified atom stereocenters. The van der Waals surface area contributed by atoms with Crippen LogP contribution in [0.25, 0.3) is 12.2 Å². The molecule has 0 saturated carbocycles. The summed E-state index contributed by atoms with van der Waals surface area (Å²) in [4.78, 5) is 0. The van der Waals surface area contributed by atoms with Crippen molar-refractivity contribution in [1.29, 1.82) is 0 Å². The van der Waals surface area contributed by atoms with Crippen molar-refractivity contribution in [3.8, 4) is 0 Å². The summed E-state index contributed by atoms with van der Waals surface area (Å²) in [7, 11) is 0. The standard InChI is InChI=1S/2C10H9.C2H5.Ti/c2*1-8-6-9-4-2-3-5-10(9)7-8;1-2;/h2*2-7H,1H3;1H2,2H3;. The molecular formula is C22H23Ti. The maximum absolute atomic E-state index is 2.43. The number of allylic oxidation sites excluding steroid dienone is 2. The summed E-state index contributed by atoms with van der Waals surface area (Å²) in [6, 6.07) is 18.1. The second-order valence-electron chi connectivity index (χ2n) is 6.83. The van der Waals surface area contributed by atoms with Crippen LogP contribution in [0.4, 0.5) is 0 Å². The van der Waals surface area contributed by atoms with Gasteiger partial charge in [0.1, 0.15) is 0 Å². The predicted molar refractivity (Wildman–Crippen MR) is 96.1 cm³/mol. The van der Waals surface area contributed by atoms with Crippen LogP contribution in [0.1, 0.15) is 51.5 Å². The first-order valence-electron chi connectivity index (χ1n) is 8.60. The Kier molecular flexibility index (Phi) is 3.91. The average molecular weight is 335 g/mol. The molecule has 0 aromatic heterocycles. The second kappa shape index (κ2) is 5.93. The van der Waals surface area contributed by atoms with Crippen molar-refractivity contribution in [2.75, 3.05) is 0 Å². The van der Waals surface area contributed by atoms with Gasteiger partial charge in [-0.05, 0) is 0 Å². The molecule has 0 nitrogen and oxygen atoms in total. The van der Waals surface area contributed by atoms with Gasteiger partial charge in [-0.1, -0.05) is 0 Å². The van der Waals surface area contributed by atoms with Crippen molar-refractivity contribution >= 4 is 12.2 Å². The molecule has 0 amide bonds. The van der Waals surface area contributed by atoms with Gasteiger partial charge in [0.15, 0.2) is 0 Å². The van der Waals surface area contributed by atoms with Gasteiger partial charge in [0.05, 0.1) is 0 Å². The number of benzene rings is 2. The van der Waals surface area contributed by atoms with E-state index < -0.39 is 17.9 Å². The van der Waals surface area contributed by atoms with E-state index in [1.165, 1.54) is 15.9 Å². The summed E-state index contributed by atoms with van der Waals surface area (Å²) in [5, 5.41) is 0. The molecule has 0 saturated heterocycles. The third-order valence-electron chi connectivity index (χ3n) is 5.44. The van der Waals surface area contributed by atoms with Gasteiger partial charge in [-0.15, -0.1) is 0 Å². The van der Waals surface area contributed by atoms with E-state index in [2.05, 4.69) is 81.5 Å². The van der Waals surface area contributed by atoms with Crippen LogP contribution < -0.4 is 0 Å². The molecule has 0 spiro atoms. The first-order chi connectivity index (χ1) is 11.2. The van der Waals surface area contributed by atoms with Crippen LogP contribution in [0.2, 0.25) is 4.73 Å². The Labute approximate surface area is 145 Å². The molecule has 2 aliphatic carbocycles. The summed E-state index contributed by atoms with van der Waals surface area (Å²) in [6.07, 6.45) is 4.87. The van der Waals surface area contributed by atoms with Crippen LogP contribution in [-0.2, 0) is 17.9 Å². The summed E-state index contributed by atoms with van der Waals surface area (Å²) >= 11 is -1.38.